The molecule has 1 fully saturated rings. The van der Waals surface area contributed by atoms with Crippen LogP contribution in [-0.2, 0) is 11.3 Å². The zero-order valence-electron chi connectivity index (χ0n) is 16.1. The fraction of sp³-hybridized carbons (Fsp3) is 0.474. The van der Waals surface area contributed by atoms with Crippen LogP contribution >= 0.6 is 11.3 Å². The Morgan fingerprint density at radius 3 is 2.57 bits per heavy atom. The molecule has 2 heterocycles. The standard InChI is InChI=1S/C19H25N5O3S/c1-13(25)20-11-14-7-9-24(10-8-14)12-17-22-23-19(28-17)18(26)21-15-3-5-16(27-2)6-4-15/h3-6,14H,7-12H2,1-2H3,(H,20,25)(H,21,26). The van der Waals surface area contributed by atoms with Gasteiger partial charge < -0.3 is 15.4 Å². The lowest BCUT2D eigenvalue weighted by Crippen LogP contribution is -2.37. The molecule has 2 aromatic rings. The second-order valence-corrected chi connectivity index (χ2v) is 7.90. The van der Waals surface area contributed by atoms with Gasteiger partial charge in [0.05, 0.1) is 13.7 Å². The first kappa shape index (κ1) is 20.2. The van der Waals surface area contributed by atoms with Gasteiger partial charge in [-0.25, -0.2) is 0 Å². The number of benzene rings is 1. The fourth-order valence-electron chi connectivity index (χ4n) is 3.10. The predicted octanol–water partition coefficient (Wildman–Crippen LogP) is 2.15. The highest BCUT2D eigenvalue weighted by atomic mass is 32.1. The lowest BCUT2D eigenvalue weighted by molar-refractivity contribution is -0.119. The number of carbonyl (C=O) groups excluding carboxylic acids is 2. The van der Waals surface area contributed by atoms with E-state index in [1.165, 1.54) is 11.3 Å². The van der Waals surface area contributed by atoms with E-state index < -0.39 is 0 Å². The normalized spacial score (nSPS) is 15.2. The third-order valence-corrected chi connectivity index (χ3v) is 5.62. The average Bonchev–Trinajstić information content (AvgIpc) is 3.16. The van der Waals surface area contributed by atoms with E-state index in [1.54, 1.807) is 38.3 Å². The average molecular weight is 404 g/mol. The van der Waals surface area contributed by atoms with Crippen molar-refractivity contribution in [3.8, 4) is 5.75 Å². The van der Waals surface area contributed by atoms with E-state index in [9.17, 15) is 9.59 Å². The van der Waals surface area contributed by atoms with Crippen LogP contribution in [-0.4, -0.2) is 53.7 Å². The molecule has 2 N–H and O–H groups in total. The van der Waals surface area contributed by atoms with Crippen LogP contribution in [0.2, 0.25) is 0 Å². The molecule has 28 heavy (non-hydrogen) atoms. The number of rotatable bonds is 7. The van der Waals surface area contributed by atoms with Crippen molar-refractivity contribution in [1.29, 1.82) is 0 Å². The van der Waals surface area contributed by atoms with E-state index in [-0.39, 0.29) is 11.8 Å². The van der Waals surface area contributed by atoms with Gasteiger partial charge in [-0.2, -0.15) is 0 Å². The van der Waals surface area contributed by atoms with Crippen LogP contribution in [0.1, 0.15) is 34.6 Å². The van der Waals surface area contributed by atoms with E-state index in [0.29, 0.717) is 23.2 Å². The fourth-order valence-corrected chi connectivity index (χ4v) is 3.87. The molecule has 0 atom stereocenters. The van der Waals surface area contributed by atoms with Gasteiger partial charge in [-0.1, -0.05) is 11.3 Å². The molecule has 0 spiro atoms. The first-order chi connectivity index (χ1) is 13.5. The Labute approximate surface area is 168 Å². The van der Waals surface area contributed by atoms with Gasteiger partial charge in [0.1, 0.15) is 10.8 Å². The molecule has 0 aliphatic carbocycles. The number of anilines is 1. The Hall–Kier alpha value is -2.52. The third-order valence-electron chi connectivity index (χ3n) is 4.71. The van der Waals surface area contributed by atoms with Gasteiger partial charge in [-0.05, 0) is 56.1 Å². The smallest absolute Gasteiger partial charge is 0.286 e. The second kappa shape index (κ2) is 9.61. The minimum Gasteiger partial charge on any atom is -0.497 e. The van der Waals surface area contributed by atoms with E-state index in [2.05, 4.69) is 25.7 Å². The molecule has 2 amide bonds. The Balaban J connectivity index is 1.47. The van der Waals surface area contributed by atoms with Crippen LogP contribution in [0.5, 0.6) is 5.75 Å². The third kappa shape index (κ3) is 5.74. The number of likely N-dealkylation sites (tertiary alicyclic amines) is 1. The first-order valence-electron chi connectivity index (χ1n) is 9.28. The van der Waals surface area contributed by atoms with Gasteiger partial charge in [0.25, 0.3) is 5.91 Å². The van der Waals surface area contributed by atoms with Gasteiger partial charge in [0, 0.05) is 19.2 Å². The van der Waals surface area contributed by atoms with Crippen molar-refractivity contribution in [2.24, 2.45) is 5.92 Å². The van der Waals surface area contributed by atoms with Crippen molar-refractivity contribution in [3.63, 3.8) is 0 Å². The molecule has 0 radical (unpaired) electrons. The van der Waals surface area contributed by atoms with Gasteiger partial charge in [-0.3, -0.25) is 14.5 Å². The molecule has 150 valence electrons. The maximum atomic E-state index is 12.4. The van der Waals surface area contributed by atoms with Crippen LogP contribution in [0.4, 0.5) is 5.69 Å². The van der Waals surface area contributed by atoms with Crippen LogP contribution in [0.25, 0.3) is 0 Å². The molecule has 0 unspecified atom stereocenters. The van der Waals surface area contributed by atoms with Crippen LogP contribution in [0, 0.1) is 5.92 Å². The van der Waals surface area contributed by atoms with Gasteiger partial charge in [0.15, 0.2) is 0 Å². The number of carbonyl (C=O) groups is 2. The van der Waals surface area contributed by atoms with Gasteiger partial charge in [0.2, 0.25) is 10.9 Å². The van der Waals surface area contributed by atoms with Crippen molar-refractivity contribution in [2.45, 2.75) is 26.3 Å². The summed E-state index contributed by atoms with van der Waals surface area (Å²) < 4.78 is 5.11. The quantitative estimate of drug-likeness (QED) is 0.735. The van der Waals surface area contributed by atoms with Crippen molar-refractivity contribution in [2.75, 3.05) is 32.1 Å². The SMILES string of the molecule is COc1ccc(NC(=O)c2nnc(CN3CCC(CNC(C)=O)CC3)s2)cc1. The maximum absolute atomic E-state index is 12.4. The topological polar surface area (TPSA) is 96.4 Å². The van der Waals surface area contributed by atoms with E-state index in [0.717, 1.165) is 43.2 Å². The molecule has 0 saturated carbocycles. The van der Waals surface area contributed by atoms with E-state index in [1.807, 2.05) is 0 Å². The second-order valence-electron chi connectivity index (χ2n) is 6.84. The maximum Gasteiger partial charge on any atom is 0.286 e. The minimum atomic E-state index is -0.261. The summed E-state index contributed by atoms with van der Waals surface area (Å²) in [5, 5.41) is 15.1. The molecular formula is C19H25N5O3S. The summed E-state index contributed by atoms with van der Waals surface area (Å²) in [6.45, 7) is 4.90. The monoisotopic (exact) mass is 403 g/mol. The van der Waals surface area contributed by atoms with E-state index in [4.69, 9.17) is 4.74 Å². The molecule has 1 aliphatic heterocycles. The van der Waals surface area contributed by atoms with Gasteiger partial charge in [-0.15, -0.1) is 10.2 Å². The number of nitrogens with one attached hydrogen (secondary N) is 2. The number of hydrogen-bond acceptors (Lipinski definition) is 7. The highest BCUT2D eigenvalue weighted by Gasteiger charge is 2.21. The summed E-state index contributed by atoms with van der Waals surface area (Å²) in [4.78, 5) is 25.7. The summed E-state index contributed by atoms with van der Waals surface area (Å²) >= 11 is 1.32. The van der Waals surface area contributed by atoms with Crippen LogP contribution < -0.4 is 15.4 Å². The molecule has 8 nitrogen and oxygen atoms in total. The Kier molecular flexibility index (Phi) is 6.94. The molecule has 1 saturated heterocycles. The predicted molar refractivity (Wildman–Crippen MR) is 108 cm³/mol. The van der Waals surface area contributed by atoms with Gasteiger partial charge >= 0.3 is 0 Å². The van der Waals surface area contributed by atoms with Crippen molar-refractivity contribution in [3.05, 3.63) is 34.3 Å². The molecular weight excluding hydrogens is 378 g/mol. The zero-order valence-corrected chi connectivity index (χ0v) is 16.9. The van der Waals surface area contributed by atoms with Crippen molar-refractivity contribution < 1.29 is 14.3 Å². The highest BCUT2D eigenvalue weighted by molar-refractivity contribution is 7.13. The largest absolute Gasteiger partial charge is 0.497 e. The summed E-state index contributed by atoms with van der Waals surface area (Å²) in [5.41, 5.74) is 0.684. The number of hydrogen-bond donors (Lipinski definition) is 2. The Morgan fingerprint density at radius 1 is 1.21 bits per heavy atom. The molecule has 9 heteroatoms. The zero-order chi connectivity index (χ0) is 19.9. The Bertz CT molecular complexity index is 800. The van der Waals surface area contributed by atoms with Crippen molar-refractivity contribution in [1.82, 2.24) is 20.4 Å². The summed E-state index contributed by atoms with van der Waals surface area (Å²) in [7, 11) is 1.60. The number of nitrogens with zero attached hydrogens (tertiary/aromatic N) is 3. The molecule has 0 bridgehead atoms. The molecule has 1 aromatic carbocycles. The number of aromatic nitrogens is 2. The Morgan fingerprint density at radius 2 is 1.93 bits per heavy atom. The molecule has 3 rings (SSSR count). The summed E-state index contributed by atoms with van der Waals surface area (Å²) in [6.07, 6.45) is 2.09. The number of ether oxygens (including phenoxy) is 1. The first-order valence-corrected chi connectivity index (χ1v) is 10.1. The van der Waals surface area contributed by atoms with Crippen molar-refractivity contribution >= 4 is 28.8 Å². The summed E-state index contributed by atoms with van der Waals surface area (Å²) in [5.74, 6) is 1.03. The highest BCUT2D eigenvalue weighted by Crippen LogP contribution is 2.21. The lowest BCUT2D eigenvalue weighted by Gasteiger charge is -2.31. The number of amides is 2. The summed E-state index contributed by atoms with van der Waals surface area (Å²) in [6, 6.07) is 7.14. The molecule has 1 aliphatic rings. The minimum absolute atomic E-state index is 0.0248. The lowest BCUT2D eigenvalue weighted by atomic mass is 9.97. The number of methoxy groups -OCH3 is 1. The number of piperidine rings is 1. The molecule has 1 aromatic heterocycles. The van der Waals surface area contributed by atoms with E-state index >= 15 is 0 Å². The van der Waals surface area contributed by atoms with Crippen LogP contribution in [0.3, 0.4) is 0 Å². The van der Waals surface area contributed by atoms with Crippen LogP contribution in [0.15, 0.2) is 24.3 Å².